The number of hydrogen-bond acceptors (Lipinski definition) is 5. The molecule has 1 saturated carbocycles. The van der Waals surface area contributed by atoms with Crippen molar-refractivity contribution in [3.8, 4) is 11.5 Å². The van der Waals surface area contributed by atoms with Gasteiger partial charge in [-0.1, -0.05) is 43.9 Å². The Hall–Kier alpha value is -1.95. The zero-order valence-corrected chi connectivity index (χ0v) is 16.1. The van der Waals surface area contributed by atoms with E-state index in [1.807, 2.05) is 31.2 Å². The number of benzene rings is 1. The van der Waals surface area contributed by atoms with Crippen LogP contribution in [0.3, 0.4) is 0 Å². The van der Waals surface area contributed by atoms with Gasteiger partial charge in [-0.3, -0.25) is 4.79 Å². The van der Waals surface area contributed by atoms with Crippen LogP contribution in [0.25, 0.3) is 11.5 Å². The number of Topliss-reactive ketones (excluding diaryl/α,β-unsaturated/α-hetero) is 1. The van der Waals surface area contributed by atoms with Gasteiger partial charge in [0.25, 0.3) is 0 Å². The Morgan fingerprint density at radius 2 is 1.88 bits per heavy atom. The van der Waals surface area contributed by atoms with Crippen LogP contribution in [0.15, 0.2) is 28.7 Å². The average molecular weight is 375 g/mol. The minimum Gasteiger partial charge on any atom is -0.441 e. The van der Waals surface area contributed by atoms with Gasteiger partial charge in [-0.25, -0.2) is 13.4 Å². The summed E-state index contributed by atoms with van der Waals surface area (Å²) >= 11 is 0. The lowest BCUT2D eigenvalue weighted by molar-refractivity contribution is -0.117. The second-order valence-electron chi connectivity index (χ2n) is 7.26. The number of aryl methyl sites for hydroxylation is 2. The molecule has 0 N–H and O–H groups in total. The fourth-order valence-electron chi connectivity index (χ4n) is 3.59. The summed E-state index contributed by atoms with van der Waals surface area (Å²) in [6.07, 6.45) is 4.74. The van der Waals surface area contributed by atoms with Crippen LogP contribution in [0.2, 0.25) is 0 Å². The first-order chi connectivity index (χ1) is 12.3. The number of sulfone groups is 1. The molecule has 0 saturated heterocycles. The van der Waals surface area contributed by atoms with Gasteiger partial charge in [0.15, 0.2) is 9.84 Å². The zero-order valence-electron chi connectivity index (χ0n) is 15.3. The largest absolute Gasteiger partial charge is 0.441 e. The monoisotopic (exact) mass is 375 g/mol. The molecule has 26 heavy (non-hydrogen) atoms. The minimum absolute atomic E-state index is 0.183. The molecular formula is C20H25NO4S. The molecule has 1 aliphatic carbocycles. The highest BCUT2D eigenvalue weighted by molar-refractivity contribution is 7.91. The molecule has 0 amide bonds. The van der Waals surface area contributed by atoms with E-state index in [2.05, 4.69) is 4.98 Å². The first kappa shape index (κ1) is 18.8. The molecule has 0 bridgehead atoms. The summed E-state index contributed by atoms with van der Waals surface area (Å²) in [6, 6.07) is 7.66. The number of oxazole rings is 1. The van der Waals surface area contributed by atoms with Crippen LogP contribution in [0.4, 0.5) is 0 Å². The molecule has 1 heterocycles. The maximum atomic E-state index is 12.4. The third-order valence-corrected chi connectivity index (χ3v) is 6.47. The van der Waals surface area contributed by atoms with Crippen LogP contribution >= 0.6 is 0 Å². The molecule has 6 heteroatoms. The molecular weight excluding hydrogens is 350 g/mol. The van der Waals surface area contributed by atoms with E-state index in [-0.39, 0.29) is 11.5 Å². The Morgan fingerprint density at radius 3 is 2.58 bits per heavy atom. The van der Waals surface area contributed by atoms with Crippen LogP contribution in [0.5, 0.6) is 0 Å². The van der Waals surface area contributed by atoms with E-state index in [1.165, 1.54) is 0 Å². The Labute approximate surface area is 154 Å². The van der Waals surface area contributed by atoms with Crippen LogP contribution in [-0.4, -0.2) is 24.9 Å². The normalized spacial score (nSPS) is 15.5. The van der Waals surface area contributed by atoms with Crippen LogP contribution in [0, 0.1) is 19.8 Å². The average Bonchev–Trinajstić information content (AvgIpc) is 3.17. The summed E-state index contributed by atoms with van der Waals surface area (Å²) in [5.74, 6) is 0.412. The maximum Gasteiger partial charge on any atom is 0.226 e. The fraction of sp³-hybridized carbons (Fsp3) is 0.500. The molecule has 1 aromatic carbocycles. The van der Waals surface area contributed by atoms with Crippen molar-refractivity contribution in [3.63, 3.8) is 0 Å². The zero-order chi connectivity index (χ0) is 18.7. The predicted octanol–water partition coefficient (Wildman–Crippen LogP) is 4.02. The fourth-order valence-corrected chi connectivity index (χ4v) is 4.98. The highest BCUT2D eigenvalue weighted by Gasteiger charge is 2.25. The summed E-state index contributed by atoms with van der Waals surface area (Å²) in [4.78, 5) is 16.5. The Morgan fingerprint density at radius 1 is 1.19 bits per heavy atom. The van der Waals surface area contributed by atoms with E-state index in [9.17, 15) is 13.2 Å². The van der Waals surface area contributed by atoms with Crippen molar-refractivity contribution >= 4 is 15.6 Å². The van der Waals surface area contributed by atoms with Gasteiger partial charge in [-0.05, 0) is 31.4 Å². The number of nitrogens with zero attached hydrogens (tertiary/aromatic N) is 1. The van der Waals surface area contributed by atoms with Crippen LogP contribution in [0.1, 0.15) is 49.1 Å². The molecule has 0 unspecified atom stereocenters. The number of rotatable bonds is 7. The lowest BCUT2D eigenvalue weighted by atomic mass is 10.0. The first-order valence-corrected chi connectivity index (χ1v) is 10.9. The van der Waals surface area contributed by atoms with Gasteiger partial charge < -0.3 is 4.42 Å². The third-order valence-electron chi connectivity index (χ3n) is 5.00. The molecule has 1 fully saturated rings. The van der Waals surface area contributed by atoms with Crippen LogP contribution in [-0.2, 0) is 20.4 Å². The molecule has 0 radical (unpaired) electrons. The van der Waals surface area contributed by atoms with Crippen molar-refractivity contribution in [2.24, 2.45) is 5.92 Å². The van der Waals surface area contributed by atoms with Crippen molar-refractivity contribution in [2.75, 3.05) is 5.75 Å². The van der Waals surface area contributed by atoms with Crippen LogP contribution < -0.4 is 0 Å². The molecule has 0 spiro atoms. The highest BCUT2D eigenvalue weighted by Crippen LogP contribution is 2.28. The molecule has 3 rings (SSSR count). The molecule has 140 valence electrons. The summed E-state index contributed by atoms with van der Waals surface area (Å²) in [7, 11) is -3.55. The van der Waals surface area contributed by atoms with Gasteiger partial charge in [-0.2, -0.15) is 0 Å². The molecule has 1 aromatic heterocycles. The van der Waals surface area contributed by atoms with E-state index in [4.69, 9.17) is 4.42 Å². The number of carbonyl (C=O) groups is 1. The lowest BCUT2D eigenvalue weighted by Gasteiger charge is -2.07. The summed E-state index contributed by atoms with van der Waals surface area (Å²) in [6.45, 7) is 3.66. The summed E-state index contributed by atoms with van der Waals surface area (Å²) in [5.41, 5.74) is 2.24. The summed E-state index contributed by atoms with van der Waals surface area (Å²) in [5, 5.41) is 0. The second kappa shape index (κ2) is 7.74. The summed E-state index contributed by atoms with van der Waals surface area (Å²) < 4.78 is 30.6. The molecule has 1 aliphatic rings. The Bertz CT molecular complexity index is 892. The van der Waals surface area contributed by atoms with Gasteiger partial charge >= 0.3 is 0 Å². The second-order valence-corrected chi connectivity index (χ2v) is 9.33. The van der Waals surface area contributed by atoms with Gasteiger partial charge in [0.1, 0.15) is 17.3 Å². The first-order valence-electron chi connectivity index (χ1n) is 9.08. The number of aromatic nitrogens is 1. The number of carbonyl (C=O) groups excluding carboxylic acids is 1. The smallest absolute Gasteiger partial charge is 0.226 e. The minimum atomic E-state index is -3.55. The molecule has 5 nitrogen and oxygen atoms in total. The van der Waals surface area contributed by atoms with E-state index >= 15 is 0 Å². The van der Waals surface area contributed by atoms with Gasteiger partial charge in [0.2, 0.25) is 5.89 Å². The van der Waals surface area contributed by atoms with Crippen molar-refractivity contribution in [1.29, 1.82) is 0 Å². The van der Waals surface area contributed by atoms with E-state index < -0.39 is 15.6 Å². The van der Waals surface area contributed by atoms with E-state index in [0.29, 0.717) is 29.7 Å². The quantitative estimate of drug-likeness (QED) is 0.730. The number of ketones is 1. The third kappa shape index (κ3) is 4.61. The van der Waals surface area contributed by atoms with Crippen molar-refractivity contribution in [1.82, 2.24) is 4.98 Å². The van der Waals surface area contributed by atoms with E-state index in [1.54, 1.807) is 6.92 Å². The van der Waals surface area contributed by atoms with Gasteiger partial charge in [0.05, 0.1) is 11.4 Å². The lowest BCUT2D eigenvalue weighted by Crippen LogP contribution is -2.20. The molecule has 0 atom stereocenters. The van der Waals surface area contributed by atoms with Gasteiger partial charge in [-0.15, -0.1) is 0 Å². The predicted molar refractivity (Wildman–Crippen MR) is 100 cm³/mol. The Balaban J connectivity index is 1.69. The van der Waals surface area contributed by atoms with Gasteiger partial charge in [0, 0.05) is 12.0 Å². The van der Waals surface area contributed by atoms with Crippen molar-refractivity contribution < 1.29 is 17.6 Å². The topological polar surface area (TPSA) is 77.2 Å². The standard InChI is InChI=1S/C20H25NO4S/c1-14-7-3-6-10-18(14)20-21-19(15(2)25-20)13-26(23,24)12-17(22)11-16-8-4-5-9-16/h3,6-7,10,16H,4-5,8-9,11-13H2,1-2H3. The molecule has 2 aromatic rings. The Kier molecular flexibility index (Phi) is 5.61. The maximum absolute atomic E-state index is 12.4. The van der Waals surface area contributed by atoms with E-state index in [0.717, 1.165) is 36.8 Å². The number of hydrogen-bond donors (Lipinski definition) is 0. The SMILES string of the molecule is Cc1ccccc1-c1nc(CS(=O)(=O)CC(=O)CC2CCCC2)c(C)o1. The highest BCUT2D eigenvalue weighted by atomic mass is 32.2. The van der Waals surface area contributed by atoms with Crippen molar-refractivity contribution in [2.45, 2.75) is 51.7 Å². The molecule has 0 aliphatic heterocycles. The van der Waals surface area contributed by atoms with Crippen molar-refractivity contribution in [3.05, 3.63) is 41.3 Å².